The molecular weight excluding hydrogens is 368 g/mol. The number of nitrogens with one attached hydrogen (secondary N) is 1. The molecule has 24 heavy (non-hydrogen) atoms. The van der Waals surface area contributed by atoms with Gasteiger partial charge in [0.15, 0.2) is 0 Å². The molecule has 5 nitrogen and oxygen atoms in total. The van der Waals surface area contributed by atoms with E-state index in [2.05, 4.69) is 26.3 Å². The topological polar surface area (TPSA) is 70.7 Å². The van der Waals surface area contributed by atoms with E-state index in [0.29, 0.717) is 23.5 Å². The molecule has 0 saturated carbocycles. The van der Waals surface area contributed by atoms with Gasteiger partial charge in [-0.15, -0.1) is 0 Å². The molecule has 1 N–H and O–H groups in total. The number of aromatic nitrogens is 2. The van der Waals surface area contributed by atoms with Gasteiger partial charge in [0, 0.05) is 16.1 Å². The molecule has 0 radical (unpaired) electrons. The monoisotopic (exact) mass is 380 g/mol. The van der Waals surface area contributed by atoms with Crippen LogP contribution in [0.25, 0.3) is 0 Å². The fraction of sp³-hybridized carbons (Fsp3) is 0.0556. The molecular formula is C18H13BrN4O. The minimum absolute atomic E-state index is 0.239. The van der Waals surface area contributed by atoms with Crippen LogP contribution in [0.5, 0.6) is 0 Å². The van der Waals surface area contributed by atoms with E-state index in [9.17, 15) is 4.79 Å². The lowest BCUT2D eigenvalue weighted by atomic mass is 10.1. The second kappa shape index (κ2) is 7.11. The first-order chi connectivity index (χ1) is 11.7. The van der Waals surface area contributed by atoms with E-state index in [0.717, 1.165) is 10.0 Å². The summed E-state index contributed by atoms with van der Waals surface area (Å²) in [6.45, 7) is 0.559. The third-order valence-electron chi connectivity index (χ3n) is 3.48. The van der Waals surface area contributed by atoms with Gasteiger partial charge in [-0.3, -0.25) is 4.79 Å². The number of benzene rings is 2. The van der Waals surface area contributed by atoms with Crippen LogP contribution in [-0.2, 0) is 6.54 Å². The second-order valence-corrected chi connectivity index (χ2v) is 6.06. The summed E-state index contributed by atoms with van der Waals surface area (Å²) in [6.07, 6.45) is 1.65. The molecule has 0 atom stereocenters. The van der Waals surface area contributed by atoms with E-state index >= 15 is 0 Å². The van der Waals surface area contributed by atoms with E-state index in [1.807, 2.05) is 30.3 Å². The van der Waals surface area contributed by atoms with Gasteiger partial charge in [-0.1, -0.05) is 28.1 Å². The minimum Gasteiger partial charge on any atom is -0.307 e. The van der Waals surface area contributed by atoms with Crippen molar-refractivity contribution in [3.8, 4) is 6.07 Å². The molecule has 0 spiro atoms. The highest BCUT2D eigenvalue weighted by molar-refractivity contribution is 9.10. The Labute approximate surface area is 147 Å². The minimum atomic E-state index is -0.239. The number of hydrogen-bond acceptors (Lipinski definition) is 3. The lowest BCUT2D eigenvalue weighted by Gasteiger charge is -2.09. The van der Waals surface area contributed by atoms with Gasteiger partial charge in [0.1, 0.15) is 5.82 Å². The Morgan fingerprint density at radius 2 is 1.83 bits per heavy atom. The van der Waals surface area contributed by atoms with E-state index < -0.39 is 0 Å². The molecule has 0 aliphatic carbocycles. The maximum atomic E-state index is 12.3. The summed E-state index contributed by atoms with van der Waals surface area (Å²) in [7, 11) is 0. The molecule has 0 bridgehead atoms. The van der Waals surface area contributed by atoms with Crippen molar-refractivity contribution in [3.63, 3.8) is 0 Å². The summed E-state index contributed by atoms with van der Waals surface area (Å²) in [6, 6.07) is 18.2. The molecule has 118 valence electrons. The van der Waals surface area contributed by atoms with Gasteiger partial charge in [0.25, 0.3) is 5.91 Å². The van der Waals surface area contributed by atoms with E-state index in [1.54, 1.807) is 41.2 Å². The number of carbonyl (C=O) groups is 1. The van der Waals surface area contributed by atoms with Crippen LogP contribution in [0.2, 0.25) is 0 Å². The lowest BCUT2D eigenvalue weighted by molar-refractivity contribution is 0.102. The third-order valence-corrected chi connectivity index (χ3v) is 4.01. The van der Waals surface area contributed by atoms with E-state index in [-0.39, 0.29) is 5.91 Å². The van der Waals surface area contributed by atoms with Gasteiger partial charge >= 0.3 is 0 Å². The zero-order valence-corrected chi connectivity index (χ0v) is 14.2. The molecule has 1 heterocycles. The Bertz CT molecular complexity index is 892. The average molecular weight is 381 g/mol. The fourth-order valence-corrected chi connectivity index (χ4v) is 2.48. The molecule has 0 unspecified atom stereocenters. The van der Waals surface area contributed by atoms with Crippen molar-refractivity contribution in [2.75, 3.05) is 5.32 Å². The van der Waals surface area contributed by atoms with Crippen molar-refractivity contribution < 1.29 is 4.79 Å². The molecule has 1 aromatic heterocycles. The summed E-state index contributed by atoms with van der Waals surface area (Å²) in [5.74, 6) is 0.379. The Morgan fingerprint density at radius 3 is 2.50 bits per heavy atom. The lowest BCUT2D eigenvalue weighted by Crippen LogP contribution is -2.16. The van der Waals surface area contributed by atoms with Crippen molar-refractivity contribution in [2.45, 2.75) is 6.54 Å². The predicted octanol–water partition coefficient (Wildman–Crippen LogP) is 3.82. The van der Waals surface area contributed by atoms with Crippen molar-refractivity contribution >= 4 is 27.7 Å². The summed E-state index contributed by atoms with van der Waals surface area (Å²) < 4.78 is 2.74. The highest BCUT2D eigenvalue weighted by Crippen LogP contribution is 2.15. The third kappa shape index (κ3) is 3.70. The van der Waals surface area contributed by atoms with E-state index in [4.69, 9.17) is 5.26 Å². The Balaban J connectivity index is 1.73. The Kier molecular flexibility index (Phi) is 4.73. The fourth-order valence-electron chi connectivity index (χ4n) is 2.21. The summed E-state index contributed by atoms with van der Waals surface area (Å²) in [5, 5.41) is 15.9. The highest BCUT2D eigenvalue weighted by Gasteiger charge is 2.10. The molecule has 3 aromatic rings. The smallest absolute Gasteiger partial charge is 0.256 e. The first-order valence-corrected chi connectivity index (χ1v) is 8.03. The normalized spacial score (nSPS) is 10.2. The average Bonchev–Trinajstić information content (AvgIpc) is 3.03. The van der Waals surface area contributed by atoms with E-state index in [1.165, 1.54) is 0 Å². The van der Waals surface area contributed by atoms with Gasteiger partial charge in [0.2, 0.25) is 0 Å². The number of anilines is 1. The number of amides is 1. The van der Waals surface area contributed by atoms with Crippen LogP contribution in [0.4, 0.5) is 5.82 Å². The zero-order chi connectivity index (χ0) is 16.9. The molecule has 6 heteroatoms. The van der Waals surface area contributed by atoms with Gasteiger partial charge in [-0.2, -0.15) is 10.4 Å². The standard InChI is InChI=1S/C18H13BrN4O/c19-16-7-3-14(4-8-16)12-23-17(9-10-21-23)22-18(24)15-5-1-13(11-20)2-6-15/h1-10H,12H2,(H,22,24). The molecule has 0 saturated heterocycles. The van der Waals surface area contributed by atoms with Crippen LogP contribution in [0.15, 0.2) is 65.3 Å². The van der Waals surface area contributed by atoms with Crippen LogP contribution >= 0.6 is 15.9 Å². The van der Waals surface area contributed by atoms with Crippen molar-refractivity contribution in [1.82, 2.24) is 9.78 Å². The number of hydrogen-bond donors (Lipinski definition) is 1. The predicted molar refractivity (Wildman–Crippen MR) is 94.6 cm³/mol. The Morgan fingerprint density at radius 1 is 1.12 bits per heavy atom. The first-order valence-electron chi connectivity index (χ1n) is 7.23. The second-order valence-electron chi connectivity index (χ2n) is 5.14. The van der Waals surface area contributed by atoms with Crippen LogP contribution in [0.3, 0.4) is 0 Å². The Hall–Kier alpha value is -2.91. The number of nitriles is 1. The molecule has 2 aromatic carbocycles. The first kappa shape index (κ1) is 16.0. The molecule has 0 aliphatic rings. The molecule has 0 aliphatic heterocycles. The zero-order valence-electron chi connectivity index (χ0n) is 12.6. The number of halogens is 1. The van der Waals surface area contributed by atoms with Crippen molar-refractivity contribution in [1.29, 1.82) is 5.26 Å². The highest BCUT2D eigenvalue weighted by atomic mass is 79.9. The SMILES string of the molecule is N#Cc1ccc(C(=O)Nc2ccnn2Cc2ccc(Br)cc2)cc1. The summed E-state index contributed by atoms with van der Waals surface area (Å²) in [4.78, 5) is 12.3. The summed E-state index contributed by atoms with van der Waals surface area (Å²) in [5.41, 5.74) is 2.09. The molecule has 1 amide bonds. The van der Waals surface area contributed by atoms with Crippen LogP contribution in [-0.4, -0.2) is 15.7 Å². The maximum absolute atomic E-state index is 12.3. The number of carbonyl (C=O) groups excluding carboxylic acids is 1. The number of rotatable bonds is 4. The van der Waals surface area contributed by atoms with Gasteiger partial charge in [-0.25, -0.2) is 4.68 Å². The van der Waals surface area contributed by atoms with Crippen molar-refractivity contribution in [3.05, 3.63) is 82.0 Å². The van der Waals surface area contributed by atoms with Gasteiger partial charge in [-0.05, 0) is 42.0 Å². The quantitative estimate of drug-likeness (QED) is 0.747. The largest absolute Gasteiger partial charge is 0.307 e. The van der Waals surface area contributed by atoms with Crippen molar-refractivity contribution in [2.24, 2.45) is 0 Å². The van der Waals surface area contributed by atoms with Crippen LogP contribution in [0, 0.1) is 11.3 Å². The van der Waals surface area contributed by atoms with Gasteiger partial charge in [0.05, 0.1) is 24.4 Å². The number of nitrogens with zero attached hydrogens (tertiary/aromatic N) is 3. The molecule has 3 rings (SSSR count). The van der Waals surface area contributed by atoms with Gasteiger partial charge < -0.3 is 5.32 Å². The maximum Gasteiger partial charge on any atom is 0.256 e. The molecule has 0 fully saturated rings. The van der Waals surface area contributed by atoms with Crippen LogP contribution < -0.4 is 5.32 Å². The van der Waals surface area contributed by atoms with Crippen LogP contribution in [0.1, 0.15) is 21.5 Å². The summed E-state index contributed by atoms with van der Waals surface area (Å²) >= 11 is 3.41.